The minimum atomic E-state index is -3.59. The van der Waals surface area contributed by atoms with Gasteiger partial charge in [0.25, 0.3) is 10.0 Å². The molecule has 2 rings (SSSR count). The first-order chi connectivity index (χ1) is 9.06. The number of imidazole rings is 1. The van der Waals surface area contributed by atoms with Crippen LogP contribution in [0.3, 0.4) is 0 Å². The molecule has 0 aromatic carbocycles. The Morgan fingerprint density at radius 3 is 2.74 bits per heavy atom. The molecule has 8 heteroatoms. The van der Waals surface area contributed by atoms with Gasteiger partial charge in [-0.1, -0.05) is 13.8 Å². The number of aryl methyl sites for hydroxylation is 1. The smallest absolute Gasteiger partial charge is 0.258 e. The van der Waals surface area contributed by atoms with Gasteiger partial charge < -0.3 is 4.98 Å². The molecule has 0 aliphatic heterocycles. The maximum atomic E-state index is 12.2. The van der Waals surface area contributed by atoms with Crippen molar-refractivity contribution >= 4 is 21.4 Å². The summed E-state index contributed by atoms with van der Waals surface area (Å²) >= 11 is 1.44. The largest absolute Gasteiger partial charge is 0.332 e. The van der Waals surface area contributed by atoms with Crippen LogP contribution in [0.25, 0.3) is 0 Å². The predicted molar refractivity (Wildman–Crippen MR) is 73.4 cm³/mol. The number of thiazole rings is 1. The van der Waals surface area contributed by atoms with E-state index in [9.17, 15) is 8.42 Å². The number of aromatic nitrogens is 3. The first-order valence-electron chi connectivity index (χ1n) is 6.02. The normalized spacial score (nSPS) is 13.6. The fourth-order valence-corrected chi connectivity index (χ4v) is 3.70. The summed E-state index contributed by atoms with van der Waals surface area (Å²) in [6, 6.07) is -0.307. The Bertz CT molecular complexity index is 619. The molecule has 0 aliphatic rings. The first kappa shape index (κ1) is 14.2. The van der Waals surface area contributed by atoms with Gasteiger partial charge in [-0.2, -0.15) is 4.72 Å². The maximum absolute atomic E-state index is 12.2. The lowest BCUT2D eigenvalue weighted by atomic mass is 10.3. The predicted octanol–water partition coefficient (Wildman–Crippen LogP) is 1.86. The molecule has 104 valence electrons. The molecular formula is C11H16N4O2S2. The van der Waals surface area contributed by atoms with E-state index in [-0.39, 0.29) is 11.1 Å². The van der Waals surface area contributed by atoms with Crippen molar-refractivity contribution in [3.63, 3.8) is 0 Å². The zero-order valence-electron chi connectivity index (χ0n) is 10.8. The third kappa shape index (κ3) is 3.20. The molecule has 19 heavy (non-hydrogen) atoms. The van der Waals surface area contributed by atoms with Gasteiger partial charge in [0.05, 0.1) is 12.2 Å². The fraction of sp³-hybridized carbons (Fsp3) is 0.455. The van der Waals surface area contributed by atoms with Gasteiger partial charge in [0, 0.05) is 18.0 Å². The molecule has 0 fully saturated rings. The number of nitrogens with zero attached hydrogens (tertiary/aromatic N) is 2. The molecule has 2 heterocycles. The Kier molecular flexibility index (Phi) is 4.33. The van der Waals surface area contributed by atoms with Crippen LogP contribution in [0.2, 0.25) is 0 Å². The molecule has 0 saturated heterocycles. The molecule has 1 atom stereocenters. The molecule has 2 aromatic heterocycles. The zero-order chi connectivity index (χ0) is 13.9. The van der Waals surface area contributed by atoms with Crippen molar-refractivity contribution in [1.82, 2.24) is 19.7 Å². The van der Waals surface area contributed by atoms with Crippen LogP contribution in [0.1, 0.15) is 37.1 Å². The van der Waals surface area contributed by atoms with E-state index in [1.807, 2.05) is 19.2 Å². The van der Waals surface area contributed by atoms with Gasteiger partial charge in [-0.25, -0.2) is 18.4 Å². The van der Waals surface area contributed by atoms with E-state index in [1.54, 1.807) is 6.20 Å². The standard InChI is InChI=1S/C11H16N4O2S2/c1-3-8(11-12-5-6-18-11)15-19(16,17)10-7-13-9(4-2)14-10/h5-8,15H,3-4H2,1-2H3,(H,13,14)/t8-/m0/s1. The van der Waals surface area contributed by atoms with Crippen molar-refractivity contribution in [3.05, 3.63) is 28.6 Å². The van der Waals surface area contributed by atoms with Gasteiger partial charge in [-0.3, -0.25) is 0 Å². The van der Waals surface area contributed by atoms with Crippen molar-refractivity contribution in [3.8, 4) is 0 Å². The Morgan fingerprint density at radius 1 is 1.42 bits per heavy atom. The van der Waals surface area contributed by atoms with Crippen molar-refractivity contribution in [2.45, 2.75) is 37.8 Å². The number of sulfonamides is 1. The summed E-state index contributed by atoms with van der Waals surface area (Å²) in [5.41, 5.74) is 0. The quantitative estimate of drug-likeness (QED) is 0.852. The van der Waals surface area contributed by atoms with Gasteiger partial charge in [0.15, 0.2) is 5.03 Å². The molecule has 0 unspecified atom stereocenters. The minimum Gasteiger partial charge on any atom is -0.332 e. The average molecular weight is 300 g/mol. The highest BCUT2D eigenvalue weighted by atomic mass is 32.2. The second-order valence-corrected chi connectivity index (χ2v) is 6.61. The summed E-state index contributed by atoms with van der Waals surface area (Å²) in [5.74, 6) is 0.655. The van der Waals surface area contributed by atoms with Gasteiger partial charge in [-0.05, 0) is 6.42 Å². The number of aromatic amines is 1. The Labute approximate surface area is 116 Å². The Morgan fingerprint density at radius 2 is 2.21 bits per heavy atom. The van der Waals surface area contributed by atoms with Crippen LogP contribution >= 0.6 is 11.3 Å². The van der Waals surface area contributed by atoms with Crippen LogP contribution in [0.4, 0.5) is 0 Å². The summed E-state index contributed by atoms with van der Waals surface area (Å²) in [7, 11) is -3.59. The monoisotopic (exact) mass is 300 g/mol. The van der Waals surface area contributed by atoms with Crippen molar-refractivity contribution in [1.29, 1.82) is 0 Å². The summed E-state index contributed by atoms with van der Waals surface area (Å²) < 4.78 is 27.1. The van der Waals surface area contributed by atoms with Crippen LogP contribution in [0, 0.1) is 0 Å². The highest BCUT2D eigenvalue weighted by molar-refractivity contribution is 7.89. The lowest BCUT2D eigenvalue weighted by Gasteiger charge is -2.13. The average Bonchev–Trinajstić information content (AvgIpc) is 3.06. The molecular weight excluding hydrogens is 284 g/mol. The number of hydrogen-bond donors (Lipinski definition) is 2. The third-order valence-electron chi connectivity index (χ3n) is 2.68. The van der Waals surface area contributed by atoms with Crippen molar-refractivity contribution < 1.29 is 8.42 Å². The van der Waals surface area contributed by atoms with Gasteiger partial charge in [0.1, 0.15) is 10.8 Å². The van der Waals surface area contributed by atoms with Crippen LogP contribution in [0.5, 0.6) is 0 Å². The summed E-state index contributed by atoms with van der Waals surface area (Å²) in [4.78, 5) is 11.0. The highest BCUT2D eigenvalue weighted by Gasteiger charge is 2.23. The summed E-state index contributed by atoms with van der Waals surface area (Å²) in [6.45, 7) is 3.83. The summed E-state index contributed by atoms with van der Waals surface area (Å²) in [6.07, 6.45) is 4.32. The Balaban J connectivity index is 2.20. The maximum Gasteiger partial charge on any atom is 0.258 e. The van der Waals surface area contributed by atoms with Crippen LogP contribution in [0.15, 0.2) is 22.8 Å². The van der Waals surface area contributed by atoms with E-state index in [1.165, 1.54) is 17.5 Å². The number of H-pyrrole nitrogens is 1. The topological polar surface area (TPSA) is 87.7 Å². The van der Waals surface area contributed by atoms with E-state index < -0.39 is 10.0 Å². The van der Waals surface area contributed by atoms with Gasteiger partial charge >= 0.3 is 0 Å². The van der Waals surface area contributed by atoms with E-state index >= 15 is 0 Å². The molecule has 0 radical (unpaired) electrons. The first-order valence-corrected chi connectivity index (χ1v) is 8.38. The molecule has 6 nitrogen and oxygen atoms in total. The molecule has 2 aromatic rings. The second-order valence-electron chi connectivity index (χ2n) is 4.00. The van der Waals surface area contributed by atoms with E-state index in [4.69, 9.17) is 0 Å². The minimum absolute atomic E-state index is 0.0966. The zero-order valence-corrected chi connectivity index (χ0v) is 12.4. The molecule has 0 spiro atoms. The van der Waals surface area contributed by atoms with Crippen LogP contribution in [-0.2, 0) is 16.4 Å². The SMILES string of the molecule is CCc1ncc(S(=O)(=O)N[C@@H](CC)c2nccs2)[nH]1. The Hall–Kier alpha value is -1.25. The van der Waals surface area contributed by atoms with Crippen LogP contribution in [-0.4, -0.2) is 23.4 Å². The van der Waals surface area contributed by atoms with Gasteiger partial charge in [0.2, 0.25) is 0 Å². The lowest BCUT2D eigenvalue weighted by Crippen LogP contribution is -2.28. The van der Waals surface area contributed by atoms with Crippen molar-refractivity contribution in [2.24, 2.45) is 0 Å². The van der Waals surface area contributed by atoms with Crippen molar-refractivity contribution in [2.75, 3.05) is 0 Å². The lowest BCUT2D eigenvalue weighted by molar-refractivity contribution is 0.546. The highest BCUT2D eigenvalue weighted by Crippen LogP contribution is 2.21. The third-order valence-corrected chi connectivity index (χ3v) is 4.96. The van der Waals surface area contributed by atoms with E-state index in [2.05, 4.69) is 19.7 Å². The van der Waals surface area contributed by atoms with E-state index in [0.29, 0.717) is 18.7 Å². The van der Waals surface area contributed by atoms with E-state index in [0.717, 1.165) is 5.01 Å². The molecule has 2 N–H and O–H groups in total. The number of hydrogen-bond acceptors (Lipinski definition) is 5. The molecule has 0 amide bonds. The summed E-state index contributed by atoms with van der Waals surface area (Å²) in [5, 5.41) is 2.69. The van der Waals surface area contributed by atoms with Gasteiger partial charge in [-0.15, -0.1) is 11.3 Å². The number of nitrogens with one attached hydrogen (secondary N) is 2. The van der Waals surface area contributed by atoms with Crippen LogP contribution < -0.4 is 4.72 Å². The molecule has 0 aliphatic carbocycles. The number of rotatable bonds is 6. The molecule has 0 bridgehead atoms. The fourth-order valence-electron chi connectivity index (χ4n) is 1.63. The molecule has 0 saturated carbocycles. The second kappa shape index (κ2) is 5.81.